The van der Waals surface area contributed by atoms with E-state index < -0.39 is 0 Å². The number of benzene rings is 7. The van der Waals surface area contributed by atoms with Gasteiger partial charge in [0, 0.05) is 76.7 Å². The number of hydrogen-bond donors (Lipinski definition) is 1. The second-order valence-electron chi connectivity index (χ2n) is 35.5. The lowest BCUT2D eigenvalue weighted by molar-refractivity contribution is -0.121. The van der Waals surface area contributed by atoms with Crippen LogP contribution in [0.4, 0.5) is 27.5 Å². The van der Waals surface area contributed by atoms with Crippen molar-refractivity contribution >= 4 is 92.0 Å². The molecule has 0 saturated heterocycles. The number of anilines is 4. The van der Waals surface area contributed by atoms with E-state index >= 15 is 0 Å². The molecule has 140 heavy (non-hydrogen) atoms. The molecule has 19 nitrogen and oxygen atoms in total. The third-order valence-electron chi connectivity index (χ3n) is 24.5. The number of fused-ring (bicyclic) bond motifs is 1. The molecule has 0 aliphatic heterocycles. The molecule has 736 valence electrons. The summed E-state index contributed by atoms with van der Waals surface area (Å²) in [5.41, 5.74) is 11.2. The molecule has 7 aromatic heterocycles. The lowest BCUT2D eigenvalue weighted by Crippen LogP contribution is -2.44. The van der Waals surface area contributed by atoms with Crippen LogP contribution in [0.25, 0.3) is 11.0 Å². The van der Waals surface area contributed by atoms with Crippen molar-refractivity contribution in [1.29, 1.82) is 0 Å². The van der Waals surface area contributed by atoms with Gasteiger partial charge in [0.1, 0.15) is 63.4 Å². The highest BCUT2D eigenvalue weighted by atomic mass is 32.1. The van der Waals surface area contributed by atoms with Crippen molar-refractivity contribution in [2.75, 3.05) is 39.4 Å². The summed E-state index contributed by atoms with van der Waals surface area (Å²) in [7, 11) is 0. The standard InChI is InChI=1S/C21H18N2O2S.C21H26N2O2.C20H19NO3S.C19H18N2O3.C19H30O.C18H27FO/c1-14-8-9-17-15(2)20(25-18(17)12-14)21(24)23(13-16-6-5-11-26-16)19-7-3-4-10-22-19;1-16-11-12-19(17(2)14-16)25-15-21(24)23(18-8-4-3-5-9-18)20-10-6-7-13-22-20;22-14-16-8-10-18(11-9-16)24-15-20(23)21(13-19-7-4-12-25-19)17-5-2-1-3-6-17;1-15-7-9-16(10-8-15)24-14-19(22)21(13-17-5-4-12-23-17)18-6-2-3-11-20-18;1-4-6-9-17(5-2)11-13-19(20)14-12-18-10-7-8-16(3)15-18;1-3-5-7-15(4-2)10-12-18(20)13-11-16-8-6-9-17(19)14-16/h3-12H,13H2,1-2H3;6-7,10-14,18H,3-5,8-9,15H2,1-2H3;1-12,22H,13-15H2;2-12H,13-14H2,1H3;7-8,10,15,17H,4-6,9,11-14H2,1-3H3;6,8-9,14-15H,3-5,7,10-13H2,1-2H3. The number of furan rings is 2. The number of amides is 4. The Morgan fingerprint density at radius 3 is 1.51 bits per heavy atom. The Kier molecular flexibility index (Phi) is 46.5. The first-order chi connectivity index (χ1) is 68.1. The first-order valence-corrected chi connectivity index (χ1v) is 51.0. The number of unbranched alkanes of at least 4 members (excludes halogenated alkanes) is 2. The average molecular weight is 1930 g/mol. The number of aryl methyl sites for hydroxylation is 8. The van der Waals surface area contributed by atoms with Gasteiger partial charge in [-0.2, -0.15) is 0 Å². The molecule has 1 N–H and O–H groups in total. The maximum atomic E-state index is 13.3. The number of carbonyl (C=O) groups is 6. The van der Waals surface area contributed by atoms with Gasteiger partial charge in [0.2, 0.25) is 0 Å². The summed E-state index contributed by atoms with van der Waals surface area (Å²) in [4.78, 5) is 97.6. The van der Waals surface area contributed by atoms with Crippen LogP contribution in [0.1, 0.15) is 226 Å². The molecular weight excluding hydrogens is 1790 g/mol. The quantitative estimate of drug-likeness (QED) is 0.0375. The van der Waals surface area contributed by atoms with Gasteiger partial charge in [-0.25, -0.2) is 19.3 Å². The smallest absolute Gasteiger partial charge is 0.295 e. The molecule has 15 rings (SSSR count). The van der Waals surface area contributed by atoms with Gasteiger partial charge in [0.05, 0.1) is 32.5 Å². The third kappa shape index (κ3) is 37.1. The number of rotatable bonds is 42. The SMILES string of the molecule is CCCCC(CC)CCC(=O)CCc1cccc(C)c1.CCCCC(CC)CCC(=O)CCc1cccc(F)c1.Cc1ccc(OCC(=O)N(Cc2ccco2)c2ccccn2)cc1.Cc1ccc(OCC(=O)N(c2ccccn2)C2CCCCC2)c(C)c1.Cc1ccc2c(C)c(C(=O)N(Cc3cccs3)c3ccccn3)oc2c1.O=C(COc1ccc(CO)cc1)N(Cc1cccs1)c1ccccc1. The molecule has 1 fully saturated rings. The number of halogens is 1. The number of aliphatic hydroxyl groups excluding tert-OH is 1. The molecule has 7 aromatic carbocycles. The van der Waals surface area contributed by atoms with E-state index in [4.69, 9.17) is 28.2 Å². The molecule has 1 saturated carbocycles. The normalized spacial score (nSPS) is 11.9. The monoisotopic (exact) mass is 1930 g/mol. The fourth-order valence-electron chi connectivity index (χ4n) is 16.3. The van der Waals surface area contributed by atoms with E-state index in [9.17, 15) is 33.2 Å². The predicted molar refractivity (Wildman–Crippen MR) is 565 cm³/mol. The largest absolute Gasteiger partial charge is 0.484 e. The summed E-state index contributed by atoms with van der Waals surface area (Å²) in [6.45, 7) is 22.2. The summed E-state index contributed by atoms with van der Waals surface area (Å²) >= 11 is 3.24. The molecule has 0 spiro atoms. The summed E-state index contributed by atoms with van der Waals surface area (Å²) in [6, 6.07) is 79.8. The number of hydrogen-bond acceptors (Lipinski definition) is 17. The van der Waals surface area contributed by atoms with Crippen molar-refractivity contribution in [3.63, 3.8) is 0 Å². The fourth-order valence-corrected chi connectivity index (χ4v) is 17.7. The van der Waals surface area contributed by atoms with Crippen LogP contribution < -0.4 is 33.8 Å². The van der Waals surface area contributed by atoms with Crippen LogP contribution in [0.5, 0.6) is 17.2 Å². The number of para-hydroxylation sites is 1. The number of carbonyl (C=O) groups excluding carboxylic acids is 6. The first kappa shape index (κ1) is 109. The molecule has 0 radical (unpaired) electrons. The fraction of sp³-hybridized carbons (Fsp3) is 0.347. The highest BCUT2D eigenvalue weighted by molar-refractivity contribution is 7.10. The van der Waals surface area contributed by atoms with Gasteiger partial charge in [-0.1, -0.05) is 248 Å². The molecular formula is C118H138FN7O12S2. The number of ketones is 2. The summed E-state index contributed by atoms with van der Waals surface area (Å²) in [6.07, 6.45) is 28.6. The van der Waals surface area contributed by atoms with Crippen LogP contribution in [0.2, 0.25) is 0 Å². The minimum atomic E-state index is -0.222. The lowest BCUT2D eigenvalue weighted by atomic mass is 9.92. The van der Waals surface area contributed by atoms with Crippen LogP contribution in [-0.2, 0) is 63.1 Å². The number of ether oxygens (including phenoxy) is 3. The predicted octanol–water partition coefficient (Wildman–Crippen LogP) is 28.1. The first-order valence-electron chi connectivity index (χ1n) is 49.2. The molecule has 0 bridgehead atoms. The molecule has 2 unspecified atom stereocenters. The maximum absolute atomic E-state index is 13.3. The van der Waals surface area contributed by atoms with Crippen molar-refractivity contribution in [3.05, 3.63) is 368 Å². The van der Waals surface area contributed by atoms with Gasteiger partial charge in [0.25, 0.3) is 23.6 Å². The second-order valence-corrected chi connectivity index (χ2v) is 37.5. The van der Waals surface area contributed by atoms with Gasteiger partial charge in [-0.3, -0.25) is 43.5 Å². The number of aromatic nitrogens is 3. The van der Waals surface area contributed by atoms with Gasteiger partial charge in [-0.05, 0) is 252 Å². The van der Waals surface area contributed by atoms with Crippen LogP contribution in [0, 0.1) is 59.2 Å². The zero-order valence-electron chi connectivity index (χ0n) is 83.0. The van der Waals surface area contributed by atoms with Crippen molar-refractivity contribution in [3.8, 4) is 17.2 Å². The number of nitrogens with zero attached hydrogens (tertiary/aromatic N) is 7. The van der Waals surface area contributed by atoms with Crippen molar-refractivity contribution in [1.82, 2.24) is 15.0 Å². The Bertz CT molecular complexity index is 5890. The number of pyridine rings is 3. The molecule has 1 aliphatic carbocycles. The van der Waals surface area contributed by atoms with E-state index in [1.54, 1.807) is 105 Å². The number of aliphatic hydroxyl groups is 1. The topological polar surface area (TPSA) is 228 Å². The van der Waals surface area contributed by atoms with E-state index in [1.165, 1.54) is 93.0 Å². The van der Waals surface area contributed by atoms with E-state index in [0.29, 0.717) is 97.5 Å². The Hall–Kier alpha value is -13.3. The Balaban J connectivity index is 0.000000174. The Labute approximate surface area is 835 Å². The van der Waals surface area contributed by atoms with E-state index in [0.717, 1.165) is 122 Å². The summed E-state index contributed by atoms with van der Waals surface area (Å²) < 4.78 is 41.4. The lowest BCUT2D eigenvalue weighted by Gasteiger charge is -2.33. The summed E-state index contributed by atoms with van der Waals surface area (Å²) in [5, 5.41) is 14.0. The summed E-state index contributed by atoms with van der Waals surface area (Å²) in [5.74, 6) is 6.45. The third-order valence-corrected chi connectivity index (χ3v) is 26.2. The van der Waals surface area contributed by atoms with Crippen LogP contribution >= 0.6 is 22.7 Å². The highest BCUT2D eigenvalue weighted by Gasteiger charge is 2.30. The van der Waals surface area contributed by atoms with Crippen LogP contribution in [0.15, 0.2) is 299 Å². The minimum absolute atomic E-state index is 0.0121. The zero-order chi connectivity index (χ0) is 99.6. The molecule has 2 atom stereocenters. The van der Waals surface area contributed by atoms with Crippen LogP contribution in [-0.4, -0.2) is 81.1 Å². The van der Waals surface area contributed by atoms with Gasteiger partial charge in [-0.15, -0.1) is 22.7 Å². The van der Waals surface area contributed by atoms with Crippen molar-refractivity contribution in [2.45, 2.75) is 236 Å². The zero-order valence-corrected chi connectivity index (χ0v) is 84.6. The molecule has 1 aliphatic rings. The van der Waals surface area contributed by atoms with Crippen LogP contribution in [0.3, 0.4) is 0 Å². The highest BCUT2D eigenvalue weighted by Crippen LogP contribution is 2.33. The second kappa shape index (κ2) is 59.9. The van der Waals surface area contributed by atoms with Gasteiger partial charge in [0.15, 0.2) is 25.6 Å². The van der Waals surface area contributed by atoms with Gasteiger partial charge >= 0.3 is 0 Å². The average Bonchev–Trinajstić information content (AvgIpc) is 1.63. The maximum Gasteiger partial charge on any atom is 0.295 e. The Morgan fingerprint density at radius 1 is 0.457 bits per heavy atom. The van der Waals surface area contributed by atoms with Crippen molar-refractivity contribution in [2.24, 2.45) is 11.8 Å². The Morgan fingerprint density at radius 2 is 0.979 bits per heavy atom. The molecule has 7 heterocycles. The van der Waals surface area contributed by atoms with Crippen molar-refractivity contribution < 1.29 is 61.3 Å². The van der Waals surface area contributed by atoms with E-state index in [1.807, 2.05) is 220 Å². The minimum Gasteiger partial charge on any atom is -0.484 e. The number of Topliss-reactive ketones (excluding diaryl/α,β-unsaturated/α-hetero) is 2. The molecule has 14 aromatic rings. The van der Waals surface area contributed by atoms with E-state index in [-0.39, 0.29) is 61.9 Å². The van der Waals surface area contributed by atoms with Gasteiger partial charge < -0.3 is 33.1 Å². The molecule has 4 amide bonds. The molecule has 22 heteroatoms. The number of thiophene rings is 2. The van der Waals surface area contributed by atoms with E-state index in [2.05, 4.69) is 79.9 Å².